The number of nitrogens with one attached hydrogen (secondary N) is 1. The quantitative estimate of drug-likeness (QED) is 0.608. The molecule has 0 saturated carbocycles. The molecule has 0 unspecified atom stereocenters. The van der Waals surface area contributed by atoms with Gasteiger partial charge in [-0.05, 0) is 37.0 Å². The molecule has 0 spiro atoms. The summed E-state index contributed by atoms with van der Waals surface area (Å²) in [5.41, 5.74) is 1.33. The number of benzene rings is 1. The molecule has 1 amide bonds. The minimum absolute atomic E-state index is 0.0726. The molecule has 9 nitrogen and oxygen atoms in total. The van der Waals surface area contributed by atoms with Crippen molar-refractivity contribution in [2.24, 2.45) is 0 Å². The van der Waals surface area contributed by atoms with Crippen LogP contribution in [0.15, 0.2) is 29.1 Å². The Bertz CT molecular complexity index is 953. The SMILES string of the molecule is COCc1cc(=O)n(CC(=O)NCCc2ccc(OC)c(OC)c2)c(N2CCCC2)n1. The topological polar surface area (TPSA) is 94.9 Å². The molecule has 0 aliphatic carbocycles. The molecule has 31 heavy (non-hydrogen) atoms. The Morgan fingerprint density at radius 3 is 2.52 bits per heavy atom. The Hall–Kier alpha value is -3.07. The van der Waals surface area contributed by atoms with Gasteiger partial charge in [0.2, 0.25) is 11.9 Å². The fourth-order valence-electron chi connectivity index (χ4n) is 3.65. The second-order valence-electron chi connectivity index (χ2n) is 7.39. The van der Waals surface area contributed by atoms with Crippen LogP contribution in [0.1, 0.15) is 24.1 Å². The van der Waals surface area contributed by atoms with E-state index < -0.39 is 0 Å². The van der Waals surface area contributed by atoms with Gasteiger partial charge in [0.25, 0.3) is 5.56 Å². The molecule has 0 radical (unpaired) electrons. The van der Waals surface area contributed by atoms with Gasteiger partial charge in [-0.3, -0.25) is 14.2 Å². The van der Waals surface area contributed by atoms with Gasteiger partial charge in [-0.25, -0.2) is 4.98 Å². The van der Waals surface area contributed by atoms with E-state index >= 15 is 0 Å². The van der Waals surface area contributed by atoms with Crippen LogP contribution in [-0.2, 0) is 29.1 Å². The van der Waals surface area contributed by atoms with Crippen molar-refractivity contribution in [3.63, 3.8) is 0 Å². The summed E-state index contributed by atoms with van der Waals surface area (Å²) in [5, 5.41) is 2.89. The Morgan fingerprint density at radius 1 is 1.10 bits per heavy atom. The summed E-state index contributed by atoms with van der Waals surface area (Å²) in [4.78, 5) is 31.9. The first-order chi connectivity index (χ1) is 15.0. The number of carbonyl (C=O) groups is 1. The highest BCUT2D eigenvalue weighted by Gasteiger charge is 2.20. The van der Waals surface area contributed by atoms with Crippen molar-refractivity contribution in [3.8, 4) is 11.5 Å². The van der Waals surface area contributed by atoms with Gasteiger partial charge < -0.3 is 24.4 Å². The molecule has 168 valence electrons. The van der Waals surface area contributed by atoms with Crippen LogP contribution >= 0.6 is 0 Å². The van der Waals surface area contributed by atoms with E-state index in [-0.39, 0.29) is 24.6 Å². The molecular formula is C22H30N4O5. The average Bonchev–Trinajstić information content (AvgIpc) is 3.30. The molecule has 0 atom stereocenters. The molecule has 2 heterocycles. The summed E-state index contributed by atoms with van der Waals surface area (Å²) in [7, 11) is 4.74. The Labute approximate surface area is 181 Å². The molecular weight excluding hydrogens is 400 g/mol. The van der Waals surface area contributed by atoms with E-state index in [1.807, 2.05) is 18.2 Å². The Balaban J connectivity index is 1.65. The highest BCUT2D eigenvalue weighted by Crippen LogP contribution is 2.27. The lowest BCUT2D eigenvalue weighted by Crippen LogP contribution is -2.37. The molecule has 1 aliphatic heterocycles. The number of hydrogen-bond acceptors (Lipinski definition) is 7. The number of aromatic nitrogens is 2. The van der Waals surface area contributed by atoms with Crippen molar-refractivity contribution < 1.29 is 19.0 Å². The van der Waals surface area contributed by atoms with E-state index in [4.69, 9.17) is 14.2 Å². The normalized spacial score (nSPS) is 13.3. The molecule has 3 rings (SSSR count). The monoisotopic (exact) mass is 430 g/mol. The number of ether oxygens (including phenoxy) is 3. The molecule has 1 saturated heterocycles. The lowest BCUT2D eigenvalue weighted by molar-refractivity contribution is -0.121. The van der Waals surface area contributed by atoms with Crippen LogP contribution in [0.5, 0.6) is 11.5 Å². The van der Waals surface area contributed by atoms with Gasteiger partial charge >= 0.3 is 0 Å². The van der Waals surface area contributed by atoms with Crippen LogP contribution in [0, 0.1) is 0 Å². The van der Waals surface area contributed by atoms with E-state index in [1.54, 1.807) is 21.3 Å². The predicted octanol–water partition coefficient (Wildman–Crippen LogP) is 1.37. The minimum Gasteiger partial charge on any atom is -0.493 e. The fraction of sp³-hybridized carbons (Fsp3) is 0.500. The van der Waals surface area contributed by atoms with Gasteiger partial charge in [0, 0.05) is 32.8 Å². The first-order valence-electron chi connectivity index (χ1n) is 10.4. The van der Waals surface area contributed by atoms with E-state index in [0.29, 0.717) is 36.1 Å². The van der Waals surface area contributed by atoms with E-state index in [2.05, 4.69) is 15.2 Å². The maximum atomic E-state index is 12.7. The first-order valence-corrected chi connectivity index (χ1v) is 10.4. The van der Waals surface area contributed by atoms with Crippen molar-refractivity contribution in [2.45, 2.75) is 32.4 Å². The molecule has 9 heteroatoms. The van der Waals surface area contributed by atoms with Crippen molar-refractivity contribution in [1.82, 2.24) is 14.9 Å². The number of rotatable bonds is 10. The maximum absolute atomic E-state index is 12.7. The number of amides is 1. The highest BCUT2D eigenvalue weighted by molar-refractivity contribution is 5.76. The third-order valence-electron chi connectivity index (χ3n) is 5.21. The molecule has 1 aliphatic rings. The van der Waals surface area contributed by atoms with Crippen molar-refractivity contribution >= 4 is 11.9 Å². The van der Waals surface area contributed by atoms with Gasteiger partial charge in [-0.15, -0.1) is 0 Å². The summed E-state index contributed by atoms with van der Waals surface area (Å²) in [6.45, 7) is 2.27. The Kier molecular flexibility index (Phi) is 7.88. The average molecular weight is 431 g/mol. The molecule has 1 N–H and O–H groups in total. The van der Waals surface area contributed by atoms with E-state index in [1.165, 1.54) is 10.6 Å². The summed E-state index contributed by atoms with van der Waals surface area (Å²) in [6.07, 6.45) is 2.72. The zero-order chi connectivity index (χ0) is 22.2. The van der Waals surface area contributed by atoms with Gasteiger partial charge in [0.15, 0.2) is 11.5 Å². The van der Waals surface area contributed by atoms with Crippen LogP contribution in [0.25, 0.3) is 0 Å². The predicted molar refractivity (Wildman–Crippen MR) is 117 cm³/mol. The molecule has 1 fully saturated rings. The summed E-state index contributed by atoms with van der Waals surface area (Å²) in [5.74, 6) is 1.61. The van der Waals surface area contributed by atoms with Crippen LogP contribution in [0.3, 0.4) is 0 Å². The minimum atomic E-state index is -0.251. The molecule has 1 aromatic heterocycles. The third kappa shape index (κ3) is 5.75. The van der Waals surface area contributed by atoms with Gasteiger partial charge in [-0.2, -0.15) is 0 Å². The summed E-state index contributed by atoms with van der Waals surface area (Å²) >= 11 is 0. The summed E-state index contributed by atoms with van der Waals surface area (Å²) < 4.78 is 17.1. The number of methoxy groups -OCH3 is 3. The van der Waals surface area contributed by atoms with Gasteiger partial charge in [0.1, 0.15) is 6.54 Å². The van der Waals surface area contributed by atoms with Crippen LogP contribution in [-0.4, -0.2) is 56.4 Å². The van der Waals surface area contributed by atoms with Crippen molar-refractivity contribution in [1.29, 1.82) is 0 Å². The number of nitrogens with zero attached hydrogens (tertiary/aromatic N) is 3. The van der Waals surface area contributed by atoms with E-state index in [9.17, 15) is 9.59 Å². The number of carbonyl (C=O) groups excluding carboxylic acids is 1. The Morgan fingerprint density at radius 2 is 1.84 bits per heavy atom. The zero-order valence-corrected chi connectivity index (χ0v) is 18.3. The lowest BCUT2D eigenvalue weighted by Gasteiger charge is -2.21. The largest absolute Gasteiger partial charge is 0.493 e. The maximum Gasteiger partial charge on any atom is 0.255 e. The fourth-order valence-corrected chi connectivity index (χ4v) is 3.65. The molecule has 1 aromatic carbocycles. The molecule has 2 aromatic rings. The highest BCUT2D eigenvalue weighted by atomic mass is 16.5. The van der Waals surface area contributed by atoms with E-state index in [0.717, 1.165) is 31.5 Å². The van der Waals surface area contributed by atoms with Crippen LogP contribution in [0.2, 0.25) is 0 Å². The van der Waals surface area contributed by atoms with Crippen LogP contribution < -0.4 is 25.2 Å². The molecule has 0 bridgehead atoms. The summed E-state index contributed by atoms with van der Waals surface area (Å²) in [6, 6.07) is 7.09. The van der Waals surface area contributed by atoms with Crippen molar-refractivity contribution in [3.05, 3.63) is 45.9 Å². The second-order valence-corrected chi connectivity index (χ2v) is 7.39. The smallest absolute Gasteiger partial charge is 0.255 e. The first kappa shape index (κ1) is 22.6. The lowest BCUT2D eigenvalue weighted by atomic mass is 10.1. The zero-order valence-electron chi connectivity index (χ0n) is 18.3. The van der Waals surface area contributed by atoms with Gasteiger partial charge in [-0.1, -0.05) is 6.07 Å². The standard InChI is InChI=1S/C22H30N4O5/c1-29-15-17-13-21(28)26(22(24-17)25-10-4-5-11-25)14-20(27)23-9-8-16-6-7-18(30-2)19(12-16)31-3/h6-7,12-13H,4-5,8-11,14-15H2,1-3H3,(H,23,27). The van der Waals surface area contributed by atoms with Crippen molar-refractivity contribution in [2.75, 3.05) is 45.9 Å². The second kappa shape index (κ2) is 10.8. The number of hydrogen-bond donors (Lipinski definition) is 1. The van der Waals surface area contributed by atoms with Crippen LogP contribution in [0.4, 0.5) is 5.95 Å². The third-order valence-corrected chi connectivity index (χ3v) is 5.21. The van der Waals surface area contributed by atoms with Gasteiger partial charge in [0.05, 0.1) is 26.5 Å². The number of anilines is 1.